The van der Waals surface area contributed by atoms with E-state index in [1.807, 2.05) is 12.1 Å². The number of anilines is 1. The van der Waals surface area contributed by atoms with Crippen LogP contribution in [-0.4, -0.2) is 19.9 Å². The van der Waals surface area contributed by atoms with Gasteiger partial charge in [-0.3, -0.25) is 0 Å². The summed E-state index contributed by atoms with van der Waals surface area (Å²) in [6, 6.07) is 7.08. The molecule has 4 nitrogen and oxygen atoms in total. The molecule has 1 rings (SSSR count). The Morgan fingerprint density at radius 3 is 2.69 bits per heavy atom. The topological polar surface area (TPSA) is 50.7 Å². The van der Waals surface area contributed by atoms with Crippen LogP contribution in [0.2, 0.25) is 0 Å². The predicted molar refractivity (Wildman–Crippen MR) is 49.7 cm³/mol. The zero-order valence-corrected chi connectivity index (χ0v) is 7.28. The van der Waals surface area contributed by atoms with Gasteiger partial charge in [0.25, 0.3) is 0 Å². The van der Waals surface area contributed by atoms with Gasteiger partial charge in [0.2, 0.25) is 6.08 Å². The minimum Gasteiger partial charge on any atom is -0.365 e. The molecule has 0 aliphatic carbocycles. The molecule has 13 heavy (non-hydrogen) atoms. The number of ether oxygens (including phenoxy) is 1. The molecular weight excluding hydrogens is 168 g/mol. The number of aliphatic imine (C=N–C) groups is 1. The van der Waals surface area contributed by atoms with Crippen LogP contribution < -0.4 is 5.32 Å². The van der Waals surface area contributed by atoms with Gasteiger partial charge in [0.05, 0.1) is 5.69 Å². The zero-order chi connectivity index (χ0) is 9.52. The molecule has 1 aromatic carbocycles. The summed E-state index contributed by atoms with van der Waals surface area (Å²) in [5.41, 5.74) is 1.52. The van der Waals surface area contributed by atoms with Crippen LogP contribution in [0.25, 0.3) is 0 Å². The summed E-state index contributed by atoms with van der Waals surface area (Å²) in [4.78, 5) is 13.4. The predicted octanol–water partition coefficient (Wildman–Crippen LogP) is 1.67. The van der Waals surface area contributed by atoms with Crippen LogP contribution in [0.3, 0.4) is 0 Å². The highest BCUT2D eigenvalue weighted by Crippen LogP contribution is 2.14. The van der Waals surface area contributed by atoms with Crippen LogP contribution in [0.1, 0.15) is 0 Å². The van der Waals surface area contributed by atoms with Crippen LogP contribution >= 0.6 is 0 Å². The second-order valence-corrected chi connectivity index (χ2v) is 2.36. The molecule has 0 aromatic heterocycles. The molecule has 68 valence electrons. The van der Waals surface area contributed by atoms with E-state index in [2.05, 4.69) is 10.3 Å². The number of carbonyl (C=O) groups excluding carboxylic acids is 1. The third-order valence-electron chi connectivity index (χ3n) is 1.46. The number of nitrogens with one attached hydrogen (secondary N) is 1. The van der Waals surface area contributed by atoms with Gasteiger partial charge in [-0.05, 0) is 24.3 Å². The van der Waals surface area contributed by atoms with Gasteiger partial charge in [-0.1, -0.05) is 0 Å². The summed E-state index contributed by atoms with van der Waals surface area (Å²) < 4.78 is 4.83. The molecule has 0 aliphatic heterocycles. The smallest absolute Gasteiger partial charge is 0.240 e. The van der Waals surface area contributed by atoms with Crippen LogP contribution in [-0.2, 0) is 9.53 Å². The molecule has 1 N–H and O–H groups in total. The van der Waals surface area contributed by atoms with Crippen molar-refractivity contribution in [3.8, 4) is 0 Å². The first-order chi connectivity index (χ1) is 6.36. The molecular formula is C9H10N2O2. The summed E-state index contributed by atoms with van der Waals surface area (Å²) in [7, 11) is 1.61. The molecule has 0 amide bonds. The van der Waals surface area contributed by atoms with E-state index in [9.17, 15) is 4.79 Å². The number of nitrogens with zero attached hydrogens (tertiary/aromatic N) is 1. The van der Waals surface area contributed by atoms with E-state index in [4.69, 9.17) is 4.74 Å². The Bertz CT molecular complexity index is 302. The quantitative estimate of drug-likeness (QED) is 0.433. The molecule has 0 bridgehead atoms. The Kier molecular flexibility index (Phi) is 3.70. The maximum atomic E-state index is 9.90. The highest BCUT2D eigenvalue weighted by atomic mass is 16.5. The van der Waals surface area contributed by atoms with Gasteiger partial charge in [0, 0.05) is 12.8 Å². The molecule has 0 fully saturated rings. The number of isocyanates is 1. The molecule has 0 spiro atoms. The fourth-order valence-electron chi connectivity index (χ4n) is 0.862. The highest BCUT2D eigenvalue weighted by molar-refractivity contribution is 5.54. The van der Waals surface area contributed by atoms with Gasteiger partial charge < -0.3 is 10.1 Å². The van der Waals surface area contributed by atoms with E-state index in [0.29, 0.717) is 12.4 Å². The lowest BCUT2D eigenvalue weighted by molar-refractivity contribution is 0.221. The molecule has 0 unspecified atom stereocenters. The summed E-state index contributed by atoms with van der Waals surface area (Å²) >= 11 is 0. The van der Waals surface area contributed by atoms with Crippen LogP contribution in [0.15, 0.2) is 29.3 Å². The van der Waals surface area contributed by atoms with Gasteiger partial charge in [0.1, 0.15) is 6.73 Å². The minimum absolute atomic E-state index is 0.455. The molecule has 1 aromatic rings. The van der Waals surface area contributed by atoms with Crippen LogP contribution in [0.4, 0.5) is 11.4 Å². The van der Waals surface area contributed by atoms with E-state index < -0.39 is 0 Å². The number of hydrogen-bond acceptors (Lipinski definition) is 4. The third kappa shape index (κ3) is 3.07. The third-order valence-corrected chi connectivity index (χ3v) is 1.46. The van der Waals surface area contributed by atoms with Gasteiger partial charge in [-0.15, -0.1) is 0 Å². The second-order valence-electron chi connectivity index (χ2n) is 2.36. The Morgan fingerprint density at radius 2 is 2.15 bits per heavy atom. The van der Waals surface area contributed by atoms with E-state index in [1.54, 1.807) is 19.2 Å². The number of methoxy groups -OCH3 is 1. The maximum Gasteiger partial charge on any atom is 0.240 e. The van der Waals surface area contributed by atoms with Crippen LogP contribution in [0.5, 0.6) is 0 Å². The van der Waals surface area contributed by atoms with Gasteiger partial charge in [0.15, 0.2) is 0 Å². The SMILES string of the molecule is COCNc1ccc(N=C=O)cc1. The lowest BCUT2D eigenvalue weighted by atomic mass is 10.3. The summed E-state index contributed by atoms with van der Waals surface area (Å²) in [5.74, 6) is 0. The van der Waals surface area contributed by atoms with Gasteiger partial charge in [-0.2, -0.15) is 4.99 Å². The van der Waals surface area contributed by atoms with Crippen molar-refractivity contribution in [2.45, 2.75) is 0 Å². The van der Waals surface area contributed by atoms with Crippen molar-refractivity contribution in [2.75, 3.05) is 19.2 Å². The summed E-state index contributed by atoms with van der Waals surface area (Å²) in [6.45, 7) is 0.455. The number of benzene rings is 1. The van der Waals surface area contributed by atoms with Gasteiger partial charge >= 0.3 is 0 Å². The van der Waals surface area contributed by atoms with Crippen molar-refractivity contribution < 1.29 is 9.53 Å². The number of hydrogen-bond donors (Lipinski definition) is 1. The van der Waals surface area contributed by atoms with Crippen molar-refractivity contribution in [1.29, 1.82) is 0 Å². The van der Waals surface area contributed by atoms with E-state index in [0.717, 1.165) is 5.69 Å². The van der Waals surface area contributed by atoms with Crippen molar-refractivity contribution in [1.82, 2.24) is 0 Å². The zero-order valence-electron chi connectivity index (χ0n) is 7.28. The van der Waals surface area contributed by atoms with Crippen molar-refractivity contribution in [2.24, 2.45) is 4.99 Å². The van der Waals surface area contributed by atoms with Crippen molar-refractivity contribution >= 4 is 17.5 Å². The number of rotatable bonds is 4. The Hall–Kier alpha value is -1.64. The molecule has 0 heterocycles. The largest absolute Gasteiger partial charge is 0.365 e. The molecule has 0 saturated carbocycles. The molecule has 0 radical (unpaired) electrons. The Balaban J connectivity index is 2.63. The second kappa shape index (κ2) is 5.09. The Morgan fingerprint density at radius 1 is 1.46 bits per heavy atom. The first kappa shape index (κ1) is 9.45. The monoisotopic (exact) mass is 178 g/mol. The molecule has 0 saturated heterocycles. The van der Waals surface area contributed by atoms with E-state index in [-0.39, 0.29) is 0 Å². The van der Waals surface area contributed by atoms with E-state index >= 15 is 0 Å². The first-order valence-corrected chi connectivity index (χ1v) is 3.77. The van der Waals surface area contributed by atoms with Crippen molar-refractivity contribution in [3.63, 3.8) is 0 Å². The average molecular weight is 178 g/mol. The maximum absolute atomic E-state index is 9.90. The van der Waals surface area contributed by atoms with Gasteiger partial charge in [-0.25, -0.2) is 4.79 Å². The lowest BCUT2D eigenvalue weighted by Gasteiger charge is -2.03. The standard InChI is InChI=1S/C9H10N2O2/c1-13-7-11-9-4-2-8(3-5-9)10-6-12/h2-5,11H,7H2,1H3. The normalized spacial score (nSPS) is 9.00. The lowest BCUT2D eigenvalue weighted by Crippen LogP contribution is -2.02. The molecule has 0 aliphatic rings. The average Bonchev–Trinajstić information content (AvgIpc) is 2.17. The highest BCUT2D eigenvalue weighted by Gasteiger charge is 1.90. The fraction of sp³-hybridized carbons (Fsp3) is 0.222. The fourth-order valence-corrected chi connectivity index (χ4v) is 0.862. The molecule has 4 heteroatoms. The molecule has 0 atom stereocenters. The Labute approximate surface area is 76.2 Å². The minimum atomic E-state index is 0.455. The van der Waals surface area contributed by atoms with E-state index in [1.165, 1.54) is 6.08 Å². The van der Waals surface area contributed by atoms with Crippen LogP contribution in [0, 0.1) is 0 Å². The summed E-state index contributed by atoms with van der Waals surface area (Å²) in [5, 5.41) is 3.00. The first-order valence-electron chi connectivity index (χ1n) is 3.77. The summed E-state index contributed by atoms with van der Waals surface area (Å²) in [6.07, 6.45) is 1.48. The van der Waals surface area contributed by atoms with Crippen molar-refractivity contribution in [3.05, 3.63) is 24.3 Å².